The summed E-state index contributed by atoms with van der Waals surface area (Å²) in [6, 6.07) is 7.95. The third-order valence-electron chi connectivity index (χ3n) is 4.84. The van der Waals surface area contributed by atoms with Crippen molar-refractivity contribution < 1.29 is 9.59 Å². The molecule has 0 saturated carbocycles. The normalized spacial score (nSPS) is 17.2. The molecule has 138 valence electrons. The van der Waals surface area contributed by atoms with E-state index in [0.29, 0.717) is 12.5 Å². The zero-order valence-corrected chi connectivity index (χ0v) is 15.8. The van der Waals surface area contributed by atoms with Gasteiger partial charge in [0.1, 0.15) is 0 Å². The van der Waals surface area contributed by atoms with E-state index >= 15 is 0 Å². The average molecular weight is 345 g/mol. The highest BCUT2D eigenvalue weighted by Crippen LogP contribution is 2.27. The number of piperidine rings is 1. The van der Waals surface area contributed by atoms with Crippen LogP contribution < -0.4 is 5.32 Å². The number of carbonyl (C=O) groups excluding carboxylic acids is 2. The van der Waals surface area contributed by atoms with Crippen molar-refractivity contribution in [3.63, 3.8) is 0 Å². The lowest BCUT2D eigenvalue weighted by molar-refractivity contribution is 0.0793. The number of nitrogens with one attached hydrogen (secondary N) is 1. The summed E-state index contributed by atoms with van der Waals surface area (Å²) >= 11 is 0. The van der Waals surface area contributed by atoms with E-state index in [0.717, 1.165) is 56.4 Å². The maximum Gasteiger partial charge on any atom is 0.317 e. The van der Waals surface area contributed by atoms with Gasteiger partial charge in [0, 0.05) is 44.7 Å². The van der Waals surface area contributed by atoms with Crippen molar-refractivity contribution in [3.8, 4) is 0 Å². The second-order valence-corrected chi connectivity index (χ2v) is 6.83. The molecule has 25 heavy (non-hydrogen) atoms. The lowest BCUT2D eigenvalue weighted by Gasteiger charge is -2.33. The second kappa shape index (κ2) is 9.44. The molecule has 1 aliphatic rings. The van der Waals surface area contributed by atoms with Crippen LogP contribution in [0.1, 0.15) is 61.4 Å². The second-order valence-electron chi connectivity index (χ2n) is 6.83. The number of urea groups is 1. The van der Waals surface area contributed by atoms with Gasteiger partial charge in [-0.3, -0.25) is 4.79 Å². The van der Waals surface area contributed by atoms with Crippen molar-refractivity contribution in [2.24, 2.45) is 0 Å². The topological polar surface area (TPSA) is 52.7 Å². The SMILES string of the molecule is CCCCN(C)C(=O)c1cccc(C2CCCN(C(=O)NCC)C2)c1. The molecule has 2 rings (SSSR count). The van der Waals surface area contributed by atoms with Gasteiger partial charge in [-0.2, -0.15) is 0 Å². The van der Waals surface area contributed by atoms with Gasteiger partial charge in [0.05, 0.1) is 0 Å². The van der Waals surface area contributed by atoms with Crippen molar-refractivity contribution in [1.29, 1.82) is 0 Å². The Kier molecular flexibility index (Phi) is 7.29. The third kappa shape index (κ3) is 5.21. The number of unbranched alkanes of at least 4 members (excludes halogenated alkanes) is 1. The Morgan fingerprint density at radius 2 is 2.12 bits per heavy atom. The van der Waals surface area contributed by atoms with Gasteiger partial charge in [-0.1, -0.05) is 25.5 Å². The van der Waals surface area contributed by atoms with Gasteiger partial charge in [-0.25, -0.2) is 4.79 Å². The minimum Gasteiger partial charge on any atom is -0.342 e. The minimum atomic E-state index is 0.0127. The van der Waals surface area contributed by atoms with E-state index in [1.54, 1.807) is 4.90 Å². The standard InChI is InChI=1S/C20H31N3O2/c1-4-6-12-22(3)19(24)17-10-7-9-16(14-17)18-11-8-13-23(15-18)20(25)21-5-2/h7,9-10,14,18H,4-6,8,11-13,15H2,1-3H3,(H,21,25). The predicted octanol–water partition coefficient (Wildman–Crippen LogP) is 3.47. The summed E-state index contributed by atoms with van der Waals surface area (Å²) in [5.41, 5.74) is 1.90. The lowest BCUT2D eigenvalue weighted by atomic mass is 9.89. The molecular weight excluding hydrogens is 314 g/mol. The molecule has 3 amide bonds. The Balaban J connectivity index is 2.07. The average Bonchev–Trinajstić information content (AvgIpc) is 2.66. The number of hydrogen-bond donors (Lipinski definition) is 1. The molecule has 1 aliphatic heterocycles. The molecule has 0 aliphatic carbocycles. The molecule has 0 radical (unpaired) electrons. The Labute approximate surface area is 151 Å². The largest absolute Gasteiger partial charge is 0.342 e. The van der Waals surface area contributed by atoms with Crippen LogP contribution in [0.4, 0.5) is 4.79 Å². The Morgan fingerprint density at radius 1 is 1.32 bits per heavy atom. The molecule has 1 fully saturated rings. The van der Waals surface area contributed by atoms with Crippen LogP contribution in [0.15, 0.2) is 24.3 Å². The van der Waals surface area contributed by atoms with Crippen molar-refractivity contribution in [3.05, 3.63) is 35.4 Å². The molecule has 5 heteroatoms. The van der Waals surface area contributed by atoms with E-state index in [1.165, 1.54) is 0 Å². The van der Waals surface area contributed by atoms with E-state index in [2.05, 4.69) is 18.3 Å². The first kappa shape index (κ1) is 19.3. The van der Waals surface area contributed by atoms with Gasteiger partial charge in [0.2, 0.25) is 0 Å². The van der Waals surface area contributed by atoms with Crippen molar-refractivity contribution in [2.75, 3.05) is 33.2 Å². The summed E-state index contributed by atoms with van der Waals surface area (Å²) in [7, 11) is 1.86. The number of benzene rings is 1. The molecular formula is C20H31N3O2. The first-order valence-electron chi connectivity index (χ1n) is 9.45. The van der Waals surface area contributed by atoms with E-state index in [4.69, 9.17) is 0 Å². The van der Waals surface area contributed by atoms with Crippen LogP contribution in [0.2, 0.25) is 0 Å². The van der Waals surface area contributed by atoms with Crippen molar-refractivity contribution in [2.45, 2.75) is 45.4 Å². The van der Waals surface area contributed by atoms with E-state index in [1.807, 2.05) is 37.1 Å². The van der Waals surface area contributed by atoms with Gasteiger partial charge in [0.15, 0.2) is 0 Å². The number of amides is 3. The summed E-state index contributed by atoms with van der Waals surface area (Å²) in [6.45, 7) is 7.02. The summed E-state index contributed by atoms with van der Waals surface area (Å²) in [6.07, 6.45) is 4.15. The molecule has 1 atom stereocenters. The van der Waals surface area contributed by atoms with Crippen LogP contribution in [-0.4, -0.2) is 55.0 Å². The summed E-state index contributed by atoms with van der Waals surface area (Å²) in [4.78, 5) is 28.4. The van der Waals surface area contributed by atoms with Crippen molar-refractivity contribution in [1.82, 2.24) is 15.1 Å². The number of rotatable bonds is 6. The number of carbonyl (C=O) groups is 2. The minimum absolute atomic E-state index is 0.0127. The predicted molar refractivity (Wildman–Crippen MR) is 101 cm³/mol. The van der Waals surface area contributed by atoms with E-state index in [9.17, 15) is 9.59 Å². The molecule has 5 nitrogen and oxygen atoms in total. The summed E-state index contributed by atoms with van der Waals surface area (Å²) in [5.74, 6) is 0.372. The maximum absolute atomic E-state index is 12.6. The quantitative estimate of drug-likeness (QED) is 0.858. The van der Waals surface area contributed by atoms with E-state index < -0.39 is 0 Å². The van der Waals surface area contributed by atoms with Gasteiger partial charge >= 0.3 is 6.03 Å². The highest BCUT2D eigenvalue weighted by molar-refractivity contribution is 5.94. The van der Waals surface area contributed by atoms with Crippen LogP contribution >= 0.6 is 0 Å². The molecule has 1 unspecified atom stereocenters. The van der Waals surface area contributed by atoms with Gasteiger partial charge in [0.25, 0.3) is 5.91 Å². The fourth-order valence-corrected chi connectivity index (χ4v) is 3.34. The number of nitrogens with zero attached hydrogens (tertiary/aromatic N) is 2. The number of likely N-dealkylation sites (tertiary alicyclic amines) is 1. The van der Waals surface area contributed by atoms with Crippen LogP contribution in [0.25, 0.3) is 0 Å². The van der Waals surface area contributed by atoms with E-state index in [-0.39, 0.29) is 11.9 Å². The first-order valence-corrected chi connectivity index (χ1v) is 9.45. The van der Waals surface area contributed by atoms with Crippen LogP contribution in [0.5, 0.6) is 0 Å². The number of hydrogen-bond acceptors (Lipinski definition) is 2. The Hall–Kier alpha value is -2.04. The lowest BCUT2D eigenvalue weighted by Crippen LogP contribution is -2.44. The molecule has 1 heterocycles. The molecule has 1 aromatic rings. The van der Waals surface area contributed by atoms with Crippen LogP contribution in [0.3, 0.4) is 0 Å². The zero-order valence-electron chi connectivity index (χ0n) is 15.8. The molecule has 1 saturated heterocycles. The third-order valence-corrected chi connectivity index (χ3v) is 4.84. The zero-order chi connectivity index (χ0) is 18.2. The highest BCUT2D eigenvalue weighted by atomic mass is 16.2. The van der Waals surface area contributed by atoms with Crippen LogP contribution in [-0.2, 0) is 0 Å². The van der Waals surface area contributed by atoms with Gasteiger partial charge < -0.3 is 15.1 Å². The van der Waals surface area contributed by atoms with Crippen LogP contribution in [0, 0.1) is 0 Å². The smallest absolute Gasteiger partial charge is 0.317 e. The van der Waals surface area contributed by atoms with Gasteiger partial charge in [-0.05, 0) is 43.9 Å². The highest BCUT2D eigenvalue weighted by Gasteiger charge is 2.25. The monoisotopic (exact) mass is 345 g/mol. The summed E-state index contributed by atoms with van der Waals surface area (Å²) in [5, 5.41) is 2.88. The fraction of sp³-hybridized carbons (Fsp3) is 0.600. The molecule has 0 aromatic heterocycles. The molecule has 0 spiro atoms. The Morgan fingerprint density at radius 3 is 2.84 bits per heavy atom. The maximum atomic E-state index is 12.6. The molecule has 1 N–H and O–H groups in total. The summed E-state index contributed by atoms with van der Waals surface area (Å²) < 4.78 is 0. The Bertz CT molecular complexity index is 588. The van der Waals surface area contributed by atoms with Crippen molar-refractivity contribution >= 4 is 11.9 Å². The van der Waals surface area contributed by atoms with Gasteiger partial charge in [-0.15, -0.1) is 0 Å². The molecule has 0 bridgehead atoms. The fourth-order valence-electron chi connectivity index (χ4n) is 3.34. The molecule has 1 aromatic carbocycles. The first-order chi connectivity index (χ1) is 12.1.